The summed E-state index contributed by atoms with van der Waals surface area (Å²) in [5, 5.41) is 10.0. The molecule has 0 spiro atoms. The van der Waals surface area contributed by atoms with Crippen LogP contribution in [-0.2, 0) is 17.8 Å². The van der Waals surface area contributed by atoms with Crippen LogP contribution in [0.4, 0.5) is 5.13 Å². The molecular weight excluding hydrogens is 250 g/mol. The molecule has 92 valence electrons. The molecule has 1 aliphatic rings. The van der Waals surface area contributed by atoms with Crippen molar-refractivity contribution >= 4 is 22.6 Å². The topological polar surface area (TPSA) is 66.3 Å². The summed E-state index contributed by atoms with van der Waals surface area (Å²) in [6.45, 7) is 0.572. The molecule has 0 saturated carbocycles. The number of fused-ring (bicyclic) bond motifs is 1. The van der Waals surface area contributed by atoms with Crippen LogP contribution in [0.5, 0.6) is 0 Å². The number of benzene rings is 1. The standard InChI is InChI=1S/C12H11N3O2S/c16-11(17)10-5-8-3-1-2-4-9(8)6-15(10)12-13-7-14-18-12/h1-4,7,10H,5-6H2,(H,16,17). The number of carboxylic acid groups (broad SMARTS) is 1. The molecule has 2 aromatic rings. The fourth-order valence-corrected chi connectivity index (χ4v) is 2.82. The Morgan fingerprint density at radius 3 is 2.83 bits per heavy atom. The third kappa shape index (κ3) is 1.84. The quantitative estimate of drug-likeness (QED) is 0.888. The van der Waals surface area contributed by atoms with Crippen molar-refractivity contribution in [3.63, 3.8) is 0 Å². The number of anilines is 1. The molecule has 3 rings (SSSR count). The van der Waals surface area contributed by atoms with Crippen molar-refractivity contribution in [2.75, 3.05) is 4.90 Å². The third-order valence-electron chi connectivity index (χ3n) is 3.13. The highest BCUT2D eigenvalue weighted by atomic mass is 32.1. The van der Waals surface area contributed by atoms with Gasteiger partial charge in [0, 0.05) is 24.5 Å². The van der Waals surface area contributed by atoms with Gasteiger partial charge in [0.1, 0.15) is 12.4 Å². The molecular formula is C12H11N3O2S. The number of rotatable bonds is 2. The van der Waals surface area contributed by atoms with Crippen molar-refractivity contribution in [3.8, 4) is 0 Å². The van der Waals surface area contributed by atoms with E-state index in [-0.39, 0.29) is 0 Å². The minimum Gasteiger partial charge on any atom is -0.480 e. The van der Waals surface area contributed by atoms with Crippen molar-refractivity contribution in [1.29, 1.82) is 0 Å². The highest BCUT2D eigenvalue weighted by molar-refractivity contribution is 7.09. The highest BCUT2D eigenvalue weighted by Crippen LogP contribution is 2.28. The van der Waals surface area contributed by atoms with Gasteiger partial charge in [-0.3, -0.25) is 0 Å². The molecule has 1 aromatic heterocycles. The molecule has 0 radical (unpaired) electrons. The summed E-state index contributed by atoms with van der Waals surface area (Å²) in [6, 6.07) is 7.37. The molecule has 6 heteroatoms. The number of hydrogen-bond donors (Lipinski definition) is 1. The highest BCUT2D eigenvalue weighted by Gasteiger charge is 2.32. The Morgan fingerprint density at radius 2 is 2.17 bits per heavy atom. The first kappa shape index (κ1) is 11.2. The molecule has 1 unspecified atom stereocenters. The van der Waals surface area contributed by atoms with E-state index in [1.165, 1.54) is 17.9 Å². The van der Waals surface area contributed by atoms with Crippen molar-refractivity contribution in [2.45, 2.75) is 19.0 Å². The normalized spacial score (nSPS) is 18.4. The maximum atomic E-state index is 11.4. The van der Waals surface area contributed by atoms with E-state index >= 15 is 0 Å². The fourth-order valence-electron chi connectivity index (χ4n) is 2.24. The number of carbonyl (C=O) groups is 1. The predicted molar refractivity (Wildman–Crippen MR) is 67.7 cm³/mol. The Bertz CT molecular complexity index is 570. The van der Waals surface area contributed by atoms with Gasteiger partial charge in [0.05, 0.1) is 0 Å². The van der Waals surface area contributed by atoms with Gasteiger partial charge in [-0.15, -0.1) is 0 Å². The van der Waals surface area contributed by atoms with Gasteiger partial charge in [-0.2, -0.15) is 4.37 Å². The summed E-state index contributed by atoms with van der Waals surface area (Å²) in [7, 11) is 0. The van der Waals surface area contributed by atoms with Crippen LogP contribution in [0.25, 0.3) is 0 Å². The minimum atomic E-state index is -0.820. The second kappa shape index (κ2) is 4.38. The van der Waals surface area contributed by atoms with E-state index < -0.39 is 12.0 Å². The zero-order valence-electron chi connectivity index (χ0n) is 9.48. The lowest BCUT2D eigenvalue weighted by Gasteiger charge is -2.33. The lowest BCUT2D eigenvalue weighted by atomic mass is 9.94. The van der Waals surface area contributed by atoms with Crippen LogP contribution in [0.1, 0.15) is 11.1 Å². The zero-order valence-corrected chi connectivity index (χ0v) is 10.3. The van der Waals surface area contributed by atoms with Crippen LogP contribution >= 0.6 is 11.5 Å². The van der Waals surface area contributed by atoms with Crippen LogP contribution in [0.3, 0.4) is 0 Å². The molecule has 1 aliphatic heterocycles. The Labute approximate surface area is 108 Å². The molecule has 0 amide bonds. The monoisotopic (exact) mass is 261 g/mol. The molecule has 0 fully saturated rings. The lowest BCUT2D eigenvalue weighted by molar-refractivity contribution is -0.138. The second-order valence-electron chi connectivity index (χ2n) is 4.18. The van der Waals surface area contributed by atoms with Crippen molar-refractivity contribution < 1.29 is 9.90 Å². The number of carboxylic acids is 1. The van der Waals surface area contributed by atoms with Crippen molar-refractivity contribution in [1.82, 2.24) is 9.36 Å². The maximum Gasteiger partial charge on any atom is 0.326 e. The van der Waals surface area contributed by atoms with E-state index in [9.17, 15) is 9.90 Å². The lowest BCUT2D eigenvalue weighted by Crippen LogP contribution is -2.45. The molecule has 0 saturated heterocycles. The summed E-state index contributed by atoms with van der Waals surface area (Å²) in [4.78, 5) is 17.3. The summed E-state index contributed by atoms with van der Waals surface area (Å²) in [5.41, 5.74) is 2.26. The summed E-state index contributed by atoms with van der Waals surface area (Å²) in [5.74, 6) is -0.820. The van der Waals surface area contributed by atoms with Gasteiger partial charge in [0.15, 0.2) is 0 Å². The van der Waals surface area contributed by atoms with Gasteiger partial charge in [-0.1, -0.05) is 24.3 Å². The molecule has 1 atom stereocenters. The van der Waals surface area contributed by atoms with E-state index in [1.54, 1.807) is 0 Å². The molecule has 0 aliphatic carbocycles. The Balaban J connectivity index is 2.01. The largest absolute Gasteiger partial charge is 0.480 e. The first-order chi connectivity index (χ1) is 8.75. The van der Waals surface area contributed by atoms with E-state index in [4.69, 9.17) is 0 Å². The van der Waals surface area contributed by atoms with Crippen molar-refractivity contribution in [3.05, 3.63) is 41.7 Å². The van der Waals surface area contributed by atoms with E-state index in [2.05, 4.69) is 9.36 Å². The van der Waals surface area contributed by atoms with Gasteiger partial charge < -0.3 is 10.0 Å². The Hall–Kier alpha value is -1.95. The molecule has 0 bridgehead atoms. The van der Waals surface area contributed by atoms with E-state index in [1.807, 2.05) is 29.2 Å². The van der Waals surface area contributed by atoms with E-state index in [0.29, 0.717) is 18.1 Å². The maximum absolute atomic E-state index is 11.4. The van der Waals surface area contributed by atoms with Gasteiger partial charge >= 0.3 is 5.97 Å². The number of hydrogen-bond acceptors (Lipinski definition) is 5. The summed E-state index contributed by atoms with van der Waals surface area (Å²) >= 11 is 1.23. The van der Waals surface area contributed by atoms with Crippen LogP contribution < -0.4 is 4.90 Å². The molecule has 1 N–H and O–H groups in total. The van der Waals surface area contributed by atoms with Crippen molar-refractivity contribution in [2.24, 2.45) is 0 Å². The summed E-state index contributed by atoms with van der Waals surface area (Å²) in [6.07, 6.45) is 1.96. The van der Waals surface area contributed by atoms with Crippen LogP contribution in [-0.4, -0.2) is 26.5 Å². The first-order valence-corrected chi connectivity index (χ1v) is 6.36. The van der Waals surface area contributed by atoms with Gasteiger partial charge in [-0.05, 0) is 11.1 Å². The Morgan fingerprint density at radius 1 is 1.39 bits per heavy atom. The fraction of sp³-hybridized carbons (Fsp3) is 0.250. The van der Waals surface area contributed by atoms with E-state index in [0.717, 1.165) is 11.1 Å². The van der Waals surface area contributed by atoms with Crippen LogP contribution in [0.2, 0.25) is 0 Å². The average molecular weight is 261 g/mol. The van der Waals surface area contributed by atoms with Crippen LogP contribution in [0, 0.1) is 0 Å². The van der Waals surface area contributed by atoms with Gasteiger partial charge in [0.2, 0.25) is 5.13 Å². The molecule has 2 heterocycles. The van der Waals surface area contributed by atoms with Crippen LogP contribution in [0.15, 0.2) is 30.6 Å². The predicted octanol–water partition coefficient (Wildman–Crippen LogP) is 1.55. The number of aliphatic carboxylic acids is 1. The number of nitrogens with zero attached hydrogens (tertiary/aromatic N) is 3. The molecule has 18 heavy (non-hydrogen) atoms. The van der Waals surface area contributed by atoms with Gasteiger partial charge in [-0.25, -0.2) is 9.78 Å². The first-order valence-electron chi connectivity index (χ1n) is 5.58. The van der Waals surface area contributed by atoms with Gasteiger partial charge in [0.25, 0.3) is 0 Å². The smallest absolute Gasteiger partial charge is 0.326 e. The minimum absolute atomic E-state index is 0.505. The molecule has 1 aromatic carbocycles. The number of aromatic nitrogens is 2. The molecule has 5 nitrogen and oxygen atoms in total. The summed E-state index contributed by atoms with van der Waals surface area (Å²) < 4.78 is 3.94. The zero-order chi connectivity index (χ0) is 12.5. The Kier molecular flexibility index (Phi) is 2.71. The SMILES string of the molecule is O=C(O)C1Cc2ccccc2CN1c1ncns1. The average Bonchev–Trinajstić information content (AvgIpc) is 2.91. The second-order valence-corrected chi connectivity index (χ2v) is 4.94. The third-order valence-corrected chi connectivity index (χ3v) is 3.83.